The minimum atomic E-state index is -0.541. The predicted octanol–water partition coefficient (Wildman–Crippen LogP) is 3.60. The van der Waals surface area contributed by atoms with E-state index in [1.807, 2.05) is 32.0 Å². The standard InChI is InChI=1S/C17H17N3O2S/c1-10-8-12-14(21)17(2)6-7-20(16(17)19-15(12)23-10)11-4-5-13(22-3)18-9-11/h4-5,8-9H,6-7H2,1-3H3. The van der Waals surface area contributed by atoms with Gasteiger partial charge in [-0.2, -0.15) is 0 Å². The number of aryl methyl sites for hydroxylation is 1. The highest BCUT2D eigenvalue weighted by Crippen LogP contribution is 2.47. The van der Waals surface area contributed by atoms with Crippen LogP contribution < -0.4 is 9.64 Å². The Kier molecular flexibility index (Phi) is 3.06. The number of pyridine rings is 1. The summed E-state index contributed by atoms with van der Waals surface area (Å²) in [6, 6.07) is 5.75. The summed E-state index contributed by atoms with van der Waals surface area (Å²) in [6.45, 7) is 4.78. The summed E-state index contributed by atoms with van der Waals surface area (Å²) in [5.41, 5.74) is 1.17. The lowest BCUT2D eigenvalue weighted by Crippen LogP contribution is -2.40. The molecule has 2 aliphatic rings. The molecule has 2 aromatic heterocycles. The summed E-state index contributed by atoms with van der Waals surface area (Å²) in [5.74, 6) is 1.60. The van der Waals surface area contributed by atoms with Gasteiger partial charge < -0.3 is 9.64 Å². The van der Waals surface area contributed by atoms with Gasteiger partial charge in [-0.05, 0) is 32.4 Å². The number of nitrogens with zero attached hydrogens (tertiary/aromatic N) is 3. The number of ketones is 1. The second-order valence-corrected chi connectivity index (χ2v) is 7.37. The van der Waals surface area contributed by atoms with Crippen LogP contribution in [0.1, 0.15) is 28.6 Å². The van der Waals surface area contributed by atoms with Crippen LogP contribution in [0.3, 0.4) is 0 Å². The van der Waals surface area contributed by atoms with E-state index >= 15 is 0 Å². The number of methoxy groups -OCH3 is 1. The molecule has 0 bridgehead atoms. The molecule has 0 saturated carbocycles. The van der Waals surface area contributed by atoms with Crippen molar-refractivity contribution in [1.82, 2.24) is 4.98 Å². The molecule has 0 radical (unpaired) electrons. The molecule has 118 valence electrons. The van der Waals surface area contributed by atoms with Crippen LogP contribution in [0, 0.1) is 12.3 Å². The first-order valence-corrected chi connectivity index (χ1v) is 8.36. The largest absolute Gasteiger partial charge is 0.481 e. The molecular weight excluding hydrogens is 310 g/mol. The maximum atomic E-state index is 13.0. The smallest absolute Gasteiger partial charge is 0.213 e. The summed E-state index contributed by atoms with van der Waals surface area (Å²) < 4.78 is 5.11. The van der Waals surface area contributed by atoms with Crippen LogP contribution in [0.4, 0.5) is 10.7 Å². The van der Waals surface area contributed by atoms with Crippen molar-refractivity contribution in [2.45, 2.75) is 20.3 Å². The summed E-state index contributed by atoms with van der Waals surface area (Å²) in [4.78, 5) is 25.3. The molecule has 0 N–H and O–H groups in total. The summed E-state index contributed by atoms with van der Waals surface area (Å²) in [6.07, 6.45) is 2.54. The third kappa shape index (κ3) is 2.01. The Morgan fingerprint density at radius 2 is 2.22 bits per heavy atom. The fourth-order valence-corrected chi connectivity index (χ4v) is 4.17. The molecule has 0 spiro atoms. The van der Waals surface area contributed by atoms with Crippen LogP contribution in [-0.4, -0.2) is 30.3 Å². The van der Waals surface area contributed by atoms with Gasteiger partial charge in [0.05, 0.1) is 30.0 Å². The summed E-state index contributed by atoms with van der Waals surface area (Å²) in [5, 5.41) is 0.827. The Morgan fingerprint density at radius 1 is 1.39 bits per heavy atom. The monoisotopic (exact) mass is 327 g/mol. The Labute approximate surface area is 138 Å². The molecule has 23 heavy (non-hydrogen) atoms. The molecule has 1 fully saturated rings. The zero-order chi connectivity index (χ0) is 16.2. The molecule has 1 unspecified atom stereocenters. The quantitative estimate of drug-likeness (QED) is 0.845. The number of aromatic nitrogens is 1. The van der Waals surface area contributed by atoms with Crippen molar-refractivity contribution in [3.05, 3.63) is 34.8 Å². The summed E-state index contributed by atoms with van der Waals surface area (Å²) >= 11 is 1.57. The van der Waals surface area contributed by atoms with Gasteiger partial charge in [0.15, 0.2) is 5.78 Å². The fourth-order valence-electron chi connectivity index (χ4n) is 3.30. The highest BCUT2D eigenvalue weighted by Gasteiger charge is 2.50. The van der Waals surface area contributed by atoms with Gasteiger partial charge in [0, 0.05) is 17.5 Å². The van der Waals surface area contributed by atoms with Crippen molar-refractivity contribution in [1.29, 1.82) is 0 Å². The molecule has 1 atom stereocenters. The maximum Gasteiger partial charge on any atom is 0.213 e. The lowest BCUT2D eigenvalue weighted by Gasteiger charge is -2.29. The van der Waals surface area contributed by atoms with E-state index < -0.39 is 5.41 Å². The highest BCUT2D eigenvalue weighted by molar-refractivity contribution is 7.16. The Balaban J connectivity index is 1.80. The second kappa shape index (κ2) is 4.89. The highest BCUT2D eigenvalue weighted by atomic mass is 32.1. The number of carbonyl (C=O) groups excluding carboxylic acids is 1. The Hall–Kier alpha value is -2.21. The number of aliphatic imine (C=N–C) groups is 1. The molecule has 6 heteroatoms. The third-order valence-corrected chi connectivity index (χ3v) is 5.56. The SMILES string of the molecule is COc1ccc(N2CCC3(C)C(=O)c4cc(C)sc4N=C23)cn1. The minimum absolute atomic E-state index is 0.186. The zero-order valence-electron chi connectivity index (χ0n) is 13.3. The predicted molar refractivity (Wildman–Crippen MR) is 91.3 cm³/mol. The van der Waals surface area contributed by atoms with Crippen molar-refractivity contribution in [3.8, 4) is 5.88 Å². The lowest BCUT2D eigenvalue weighted by molar-refractivity contribution is 0.0888. The molecule has 5 nitrogen and oxygen atoms in total. The van der Waals surface area contributed by atoms with Gasteiger partial charge in [0.1, 0.15) is 10.8 Å². The molecule has 1 saturated heterocycles. The number of hydrogen-bond donors (Lipinski definition) is 0. The van der Waals surface area contributed by atoms with Gasteiger partial charge in [-0.1, -0.05) is 0 Å². The fraction of sp³-hybridized carbons (Fsp3) is 0.353. The summed E-state index contributed by atoms with van der Waals surface area (Å²) in [7, 11) is 1.60. The van der Waals surface area contributed by atoms with Gasteiger partial charge in [-0.3, -0.25) is 4.79 Å². The van der Waals surface area contributed by atoms with Crippen LogP contribution in [0.25, 0.3) is 0 Å². The topological polar surface area (TPSA) is 54.8 Å². The maximum absolute atomic E-state index is 13.0. The number of hydrogen-bond acceptors (Lipinski definition) is 6. The molecule has 0 amide bonds. The minimum Gasteiger partial charge on any atom is -0.481 e. The Morgan fingerprint density at radius 3 is 2.91 bits per heavy atom. The van der Waals surface area contributed by atoms with Crippen molar-refractivity contribution < 1.29 is 9.53 Å². The van der Waals surface area contributed by atoms with Gasteiger partial charge >= 0.3 is 0 Å². The molecular formula is C17H17N3O2S. The Bertz CT molecular complexity index is 825. The van der Waals surface area contributed by atoms with Crippen LogP contribution in [0.5, 0.6) is 5.88 Å². The molecule has 0 aliphatic carbocycles. The van der Waals surface area contributed by atoms with Crippen molar-refractivity contribution in [2.75, 3.05) is 18.6 Å². The number of Topliss-reactive ketones (excluding diaryl/α,β-unsaturated/α-hetero) is 1. The number of carbonyl (C=O) groups is 1. The molecule has 4 heterocycles. The average Bonchev–Trinajstić information content (AvgIpc) is 3.09. The van der Waals surface area contributed by atoms with E-state index in [0.29, 0.717) is 5.88 Å². The van der Waals surface area contributed by atoms with Gasteiger partial charge in [-0.15, -0.1) is 11.3 Å². The van der Waals surface area contributed by atoms with Crippen molar-refractivity contribution in [2.24, 2.45) is 10.4 Å². The first-order valence-electron chi connectivity index (χ1n) is 7.55. The van der Waals surface area contributed by atoms with E-state index in [2.05, 4.69) is 9.88 Å². The number of rotatable bonds is 2. The van der Waals surface area contributed by atoms with Crippen molar-refractivity contribution in [3.63, 3.8) is 0 Å². The number of thiophene rings is 1. The van der Waals surface area contributed by atoms with E-state index in [1.165, 1.54) is 0 Å². The molecule has 2 aromatic rings. The van der Waals surface area contributed by atoms with Crippen LogP contribution in [-0.2, 0) is 0 Å². The van der Waals surface area contributed by atoms with E-state index in [9.17, 15) is 4.79 Å². The van der Waals surface area contributed by atoms with Crippen LogP contribution in [0.2, 0.25) is 0 Å². The van der Waals surface area contributed by atoms with Crippen LogP contribution in [0.15, 0.2) is 29.4 Å². The van der Waals surface area contributed by atoms with Gasteiger partial charge in [0.25, 0.3) is 0 Å². The van der Waals surface area contributed by atoms with Crippen LogP contribution >= 0.6 is 11.3 Å². The number of fused-ring (bicyclic) bond motifs is 2. The number of ether oxygens (including phenoxy) is 1. The number of anilines is 1. The first-order chi connectivity index (χ1) is 11.0. The molecule has 2 aliphatic heterocycles. The zero-order valence-corrected chi connectivity index (χ0v) is 14.1. The molecule has 4 rings (SSSR count). The van der Waals surface area contributed by atoms with E-state index in [4.69, 9.17) is 9.73 Å². The average molecular weight is 327 g/mol. The normalized spacial score (nSPS) is 22.7. The van der Waals surface area contributed by atoms with Gasteiger partial charge in [0.2, 0.25) is 5.88 Å². The van der Waals surface area contributed by atoms with E-state index in [-0.39, 0.29) is 5.78 Å². The first kappa shape index (κ1) is 14.4. The van der Waals surface area contributed by atoms with E-state index in [1.54, 1.807) is 24.6 Å². The van der Waals surface area contributed by atoms with Crippen molar-refractivity contribution >= 4 is 33.6 Å². The third-order valence-electron chi connectivity index (χ3n) is 4.62. The molecule has 0 aromatic carbocycles. The second-order valence-electron chi connectivity index (χ2n) is 6.13. The number of amidine groups is 1. The van der Waals surface area contributed by atoms with E-state index in [0.717, 1.165) is 39.9 Å². The lowest BCUT2D eigenvalue weighted by atomic mass is 9.79. The van der Waals surface area contributed by atoms with Gasteiger partial charge in [-0.25, -0.2) is 9.98 Å².